The van der Waals surface area contributed by atoms with E-state index in [1.54, 1.807) is 12.1 Å². The summed E-state index contributed by atoms with van der Waals surface area (Å²) in [5, 5.41) is 10.8. The number of hydrogen-bond acceptors (Lipinski definition) is 9. The molecule has 2 aromatic carbocycles. The van der Waals surface area contributed by atoms with E-state index in [2.05, 4.69) is 9.47 Å². The number of alkyl halides is 12. The number of carbonyl (C=O) groups is 2. The molecule has 0 aromatic heterocycles. The minimum Gasteiger partial charge on any atom is -0.748 e. The van der Waals surface area contributed by atoms with E-state index in [4.69, 9.17) is 9.84 Å². The molecule has 0 atom stereocenters. The second-order valence-electron chi connectivity index (χ2n) is 15.4. The molecule has 0 unspecified atom stereocenters. The lowest BCUT2D eigenvalue weighted by Crippen LogP contribution is -2.65. The van der Waals surface area contributed by atoms with E-state index in [1.165, 1.54) is 17.7 Å². The van der Waals surface area contributed by atoms with Crippen molar-refractivity contribution >= 4 is 43.7 Å². The van der Waals surface area contributed by atoms with Crippen LogP contribution >= 0.6 is 0 Å². The van der Waals surface area contributed by atoms with E-state index < -0.39 is 88.8 Å². The second-order valence-corrected chi connectivity index (χ2v) is 19.1. The number of hydrogen-bond donors (Lipinski definition) is 1. The van der Waals surface area contributed by atoms with Gasteiger partial charge in [0.05, 0.1) is 27.9 Å². The first-order valence-electron chi connectivity index (χ1n) is 18.1. The average Bonchev–Trinajstić information content (AvgIpc) is 3.62. The van der Waals surface area contributed by atoms with Gasteiger partial charge < -0.3 is 23.9 Å². The van der Waals surface area contributed by atoms with Gasteiger partial charge in [0.1, 0.15) is 17.3 Å². The fourth-order valence-electron chi connectivity index (χ4n) is 8.78. The normalized spacial score (nSPS) is 24.1. The number of carbonyl (C=O) groups excluding carboxylic acids is 2. The van der Waals surface area contributed by atoms with Crippen molar-refractivity contribution in [1.29, 1.82) is 0 Å². The molecule has 0 amide bonds. The Morgan fingerprint density at radius 2 is 1.25 bits per heavy atom. The highest BCUT2D eigenvalue weighted by atomic mass is 32.2. The maximum absolute atomic E-state index is 13.3. The third kappa shape index (κ3) is 9.98. The number of halogens is 12. The molecular weight excluding hydrogens is 868 g/mol. The Labute approximate surface area is 332 Å². The van der Waals surface area contributed by atoms with Crippen molar-refractivity contribution in [1.82, 2.24) is 0 Å². The Kier molecular flexibility index (Phi) is 13.2. The molecule has 1 aliphatic heterocycles. The minimum atomic E-state index is -6.32. The summed E-state index contributed by atoms with van der Waals surface area (Å²) < 4.78 is 202. The number of esters is 2. The Morgan fingerprint density at radius 1 is 0.763 bits per heavy atom. The largest absolute Gasteiger partial charge is 0.748 e. The molecule has 4 saturated carbocycles. The monoisotopic (exact) mass is 906 g/mol. The average molecular weight is 907 g/mol. The fraction of sp³-hybridized carbons (Fsp3) is 0.667. The fourth-order valence-corrected chi connectivity index (χ4v) is 12.2. The first-order chi connectivity index (χ1) is 27.0. The van der Waals surface area contributed by atoms with Gasteiger partial charge in [-0.2, -0.15) is 52.7 Å². The third-order valence-corrected chi connectivity index (χ3v) is 14.5. The van der Waals surface area contributed by atoms with Crippen LogP contribution in [0.4, 0.5) is 52.7 Å². The van der Waals surface area contributed by atoms with E-state index in [9.17, 15) is 75.2 Å². The van der Waals surface area contributed by atoms with Crippen molar-refractivity contribution in [3.63, 3.8) is 0 Å². The van der Waals surface area contributed by atoms with Gasteiger partial charge in [0, 0.05) is 28.1 Å². The molecule has 0 radical (unpaired) electrons. The van der Waals surface area contributed by atoms with Crippen LogP contribution in [0.2, 0.25) is 0 Å². The zero-order valence-electron chi connectivity index (χ0n) is 30.7. The van der Waals surface area contributed by atoms with E-state index in [-0.39, 0.29) is 47.9 Å². The summed E-state index contributed by atoms with van der Waals surface area (Å²) in [6.45, 7) is -1.98. The molecule has 1 N–H and O–H groups in total. The predicted octanol–water partition coefficient (Wildman–Crippen LogP) is 7.93. The molecule has 5 fully saturated rings. The first-order valence-corrected chi connectivity index (χ1v) is 21.3. The summed E-state index contributed by atoms with van der Waals surface area (Å²) in [7, 11) is -5.89. The van der Waals surface area contributed by atoms with Gasteiger partial charge >= 0.3 is 42.2 Å². The van der Waals surface area contributed by atoms with Gasteiger partial charge in [0.2, 0.25) is 0 Å². The van der Waals surface area contributed by atoms with Gasteiger partial charge in [-0.15, -0.1) is 0 Å². The highest BCUT2D eigenvalue weighted by molar-refractivity contribution is 7.97. The van der Waals surface area contributed by atoms with Gasteiger partial charge in [0.15, 0.2) is 11.5 Å². The van der Waals surface area contributed by atoms with E-state index in [1.807, 2.05) is 24.3 Å². The van der Waals surface area contributed by atoms with E-state index in [0.29, 0.717) is 5.75 Å². The molecule has 4 bridgehead atoms. The summed E-state index contributed by atoms with van der Waals surface area (Å²) in [5.41, 5.74) is -11.8. The molecule has 5 aliphatic rings. The summed E-state index contributed by atoms with van der Waals surface area (Å²) in [5.74, 6) is -3.15. The van der Waals surface area contributed by atoms with Crippen molar-refractivity contribution in [3.8, 4) is 5.75 Å². The van der Waals surface area contributed by atoms with Crippen LogP contribution in [-0.4, -0.2) is 96.4 Å². The van der Waals surface area contributed by atoms with Crippen LogP contribution < -0.4 is 4.74 Å². The molecule has 59 heavy (non-hydrogen) atoms. The Bertz CT molecular complexity index is 1890. The van der Waals surface area contributed by atoms with Crippen molar-refractivity contribution in [3.05, 3.63) is 36.4 Å². The molecule has 0 spiro atoms. The van der Waals surface area contributed by atoms with Crippen molar-refractivity contribution in [2.45, 2.75) is 98.6 Å². The van der Waals surface area contributed by atoms with Crippen molar-refractivity contribution in [2.24, 2.45) is 23.2 Å². The lowest BCUT2D eigenvalue weighted by molar-refractivity contribution is -0.371. The molecule has 1 heterocycles. The predicted molar refractivity (Wildman–Crippen MR) is 183 cm³/mol. The number of fused-ring (bicyclic) bond motifs is 1. The quantitative estimate of drug-likeness (QED) is 0.103. The molecule has 4 aliphatic carbocycles. The Morgan fingerprint density at radius 3 is 1.71 bits per heavy atom. The zero-order chi connectivity index (χ0) is 44.0. The zero-order valence-corrected chi connectivity index (χ0v) is 32.3. The minimum absolute atomic E-state index is 0.0261. The van der Waals surface area contributed by atoms with Crippen LogP contribution in [0.1, 0.15) is 57.8 Å². The van der Waals surface area contributed by atoms with Gasteiger partial charge in [-0.25, -0.2) is 13.2 Å². The van der Waals surface area contributed by atoms with Gasteiger partial charge in [-0.3, -0.25) is 4.79 Å². The maximum Gasteiger partial charge on any atom is 0.438 e. The standard InChI is InChI=1S/C21H21F6O4S.C15H18F6O5S/c22-20(23,24)19(29,21(25,26)27)9-10-30-18(28)13-31-16-7-8-17(32-11-3-4-12-32)15-6-2-1-5-14(15)16;16-14(17,18)13(15(19,20)21,7-27(23,24)25)26-11(22)12-4-8-1-9(5-12)3-10(2-8)6-12/h1-2,5-8,29H,3-4,9-13H2;8-10H,1-7H2,(H,23,24,25)/q+1;/p-1. The van der Waals surface area contributed by atoms with E-state index >= 15 is 0 Å². The topological polar surface area (TPSA) is 139 Å². The van der Waals surface area contributed by atoms with Crippen molar-refractivity contribution in [2.75, 3.05) is 30.5 Å². The van der Waals surface area contributed by atoms with Crippen molar-refractivity contribution < 1.29 is 94.6 Å². The molecule has 23 heteroatoms. The number of aliphatic hydroxyl groups is 1. The SMILES string of the molecule is O=C(COc1ccc([S+]2CCCC2)c2ccccc12)OCCC(O)(C(F)(F)F)C(F)(F)F.O=C(OC(CS(=O)(=O)[O-])(C(F)(F)F)C(F)(F)F)C12CC3CC(CC(C3)C1)C2. The molecule has 1 saturated heterocycles. The summed E-state index contributed by atoms with van der Waals surface area (Å²) in [6, 6.07) is 11.0. The highest BCUT2D eigenvalue weighted by Crippen LogP contribution is 2.61. The molecule has 2 aromatic rings. The van der Waals surface area contributed by atoms with Crippen LogP contribution in [0.15, 0.2) is 41.3 Å². The Hall–Kier alpha value is -3.18. The van der Waals surface area contributed by atoms with Crippen LogP contribution in [-0.2, 0) is 40.1 Å². The van der Waals surface area contributed by atoms with Gasteiger partial charge in [-0.05, 0) is 87.3 Å². The molecule has 7 rings (SSSR count). The summed E-state index contributed by atoms with van der Waals surface area (Å²) >= 11 is 0. The highest BCUT2D eigenvalue weighted by Gasteiger charge is 2.76. The number of benzene rings is 2. The summed E-state index contributed by atoms with van der Waals surface area (Å²) in [4.78, 5) is 25.6. The van der Waals surface area contributed by atoms with Crippen LogP contribution in [0, 0.1) is 23.2 Å². The number of ether oxygens (including phenoxy) is 3. The smallest absolute Gasteiger partial charge is 0.438 e. The lowest BCUT2D eigenvalue weighted by atomic mass is 9.49. The van der Waals surface area contributed by atoms with Crippen LogP contribution in [0.5, 0.6) is 5.75 Å². The first kappa shape index (κ1) is 46.9. The molecule has 9 nitrogen and oxygen atoms in total. The van der Waals surface area contributed by atoms with Gasteiger partial charge in [0.25, 0.3) is 5.60 Å². The van der Waals surface area contributed by atoms with Crippen LogP contribution in [0.25, 0.3) is 10.8 Å². The third-order valence-electron chi connectivity index (χ3n) is 11.2. The molecular formula is C36H38F12O9S2. The van der Waals surface area contributed by atoms with Crippen LogP contribution in [0.3, 0.4) is 0 Å². The van der Waals surface area contributed by atoms with Gasteiger partial charge in [-0.1, -0.05) is 18.2 Å². The number of rotatable bonds is 11. The lowest BCUT2D eigenvalue weighted by Gasteiger charge is -2.55. The summed E-state index contributed by atoms with van der Waals surface area (Å²) in [6.07, 6.45) is -21.4. The maximum atomic E-state index is 13.3. The van der Waals surface area contributed by atoms with E-state index in [0.717, 1.165) is 41.5 Å². The second kappa shape index (κ2) is 16.6. The Balaban J connectivity index is 0.000000227. The molecule has 332 valence electrons.